The van der Waals surface area contributed by atoms with Crippen LogP contribution in [0.3, 0.4) is 0 Å². The van der Waals surface area contributed by atoms with Crippen molar-refractivity contribution in [2.45, 2.75) is 39.5 Å². The van der Waals surface area contributed by atoms with Crippen molar-refractivity contribution in [3.63, 3.8) is 0 Å². The van der Waals surface area contributed by atoms with Crippen LogP contribution >= 0.6 is 21.2 Å². The van der Waals surface area contributed by atoms with Crippen molar-refractivity contribution in [3.05, 3.63) is 91.0 Å². The Bertz CT molecular complexity index is 811. The fourth-order valence-corrected chi connectivity index (χ4v) is 25.1. The third-order valence-corrected chi connectivity index (χ3v) is 27.0. The van der Waals surface area contributed by atoms with E-state index in [4.69, 9.17) is 12.2 Å². The first-order valence-electron chi connectivity index (χ1n) is 11.4. The van der Waals surface area contributed by atoms with Gasteiger partial charge in [-0.25, -0.2) is 0 Å². The molecule has 0 aromatic heterocycles. The molecule has 0 fully saturated rings. The van der Waals surface area contributed by atoms with E-state index in [1.165, 1.54) is 36.4 Å². The number of thiocarbonyl (C=S) groups is 1. The molecular weight excluding hydrogens is 521 g/mol. The second-order valence-electron chi connectivity index (χ2n) is 7.84. The van der Waals surface area contributed by atoms with Crippen LogP contribution in [0.25, 0.3) is 0 Å². The zero-order chi connectivity index (χ0) is 21.9. The van der Waals surface area contributed by atoms with Crippen molar-refractivity contribution in [2.75, 3.05) is 13.1 Å². The average Bonchev–Trinajstić information content (AvgIpc) is 2.84. The summed E-state index contributed by atoms with van der Waals surface area (Å²) in [6, 6.07) is 33.4. The molecule has 4 heteroatoms. The monoisotopic (exact) mass is 555 g/mol. The minimum atomic E-state index is -3.42. The Kier molecular flexibility index (Phi) is 9.94. The van der Waals surface area contributed by atoms with Gasteiger partial charge in [-0.1, -0.05) is 0 Å². The molecule has 3 rings (SSSR count). The summed E-state index contributed by atoms with van der Waals surface area (Å²) in [5.41, 5.74) is 0. The van der Waals surface area contributed by atoms with Gasteiger partial charge in [-0.15, -0.1) is 0 Å². The van der Waals surface area contributed by atoms with E-state index in [-0.39, 0.29) is 0 Å². The van der Waals surface area contributed by atoms with Crippen LogP contribution < -0.4 is 10.7 Å². The Morgan fingerprint density at radius 1 is 0.677 bits per heavy atom. The van der Waals surface area contributed by atoms with Crippen LogP contribution in [0.5, 0.6) is 0 Å². The summed E-state index contributed by atoms with van der Waals surface area (Å²) in [5, 5.41) is 0. The average molecular weight is 554 g/mol. The van der Waals surface area contributed by atoms with E-state index in [0.29, 0.717) is 0 Å². The number of nitrogens with zero attached hydrogens (tertiary/aromatic N) is 1. The van der Waals surface area contributed by atoms with Gasteiger partial charge in [-0.05, 0) is 0 Å². The molecule has 3 aromatic rings. The Balaban J connectivity index is 2.12. The van der Waals surface area contributed by atoms with Crippen molar-refractivity contribution in [1.29, 1.82) is 0 Å². The number of rotatable bonds is 10. The summed E-state index contributed by atoms with van der Waals surface area (Å²) >= 11 is 2.77. The second-order valence-corrected chi connectivity index (χ2v) is 23.8. The van der Waals surface area contributed by atoms with Crippen molar-refractivity contribution >= 4 is 53.2 Å². The van der Waals surface area contributed by atoms with Crippen molar-refractivity contribution < 1.29 is 0 Å². The van der Waals surface area contributed by atoms with E-state index >= 15 is 0 Å². The quantitative estimate of drug-likeness (QED) is 0.238. The van der Waals surface area contributed by atoms with E-state index in [2.05, 4.69) is 110 Å². The molecule has 0 saturated carbocycles. The topological polar surface area (TPSA) is 3.24 Å². The normalized spacial score (nSPS) is 11.3. The fourth-order valence-electron chi connectivity index (χ4n) is 3.88. The zero-order valence-electron chi connectivity index (χ0n) is 18.7. The Morgan fingerprint density at radius 2 is 1.03 bits per heavy atom. The van der Waals surface area contributed by atoms with Crippen LogP contribution in [-0.2, 0) is 0 Å². The SMILES string of the molecule is CCCCN(CCCC)C(=S)[S][Sn]([c]1ccccc1)([c]1ccccc1)[c]1ccccc1. The number of benzene rings is 3. The number of hydrogen-bond acceptors (Lipinski definition) is 2. The molecule has 0 bridgehead atoms. The molecular formula is C27H33NS2Sn. The molecule has 31 heavy (non-hydrogen) atoms. The molecule has 1 nitrogen and oxygen atoms in total. The Morgan fingerprint density at radius 3 is 1.35 bits per heavy atom. The predicted octanol–water partition coefficient (Wildman–Crippen LogP) is 5.57. The van der Waals surface area contributed by atoms with E-state index < -0.39 is 17.0 Å². The van der Waals surface area contributed by atoms with E-state index in [1.807, 2.05) is 8.95 Å². The second kappa shape index (κ2) is 12.7. The molecule has 0 heterocycles. The van der Waals surface area contributed by atoms with Gasteiger partial charge in [-0.2, -0.15) is 0 Å². The minimum absolute atomic E-state index is 1.06. The fraction of sp³-hybridized carbons (Fsp3) is 0.296. The van der Waals surface area contributed by atoms with Gasteiger partial charge in [0.2, 0.25) is 0 Å². The first-order valence-corrected chi connectivity index (χ1v) is 20.4. The van der Waals surface area contributed by atoms with Gasteiger partial charge in [0, 0.05) is 0 Å². The third-order valence-electron chi connectivity index (χ3n) is 5.60. The van der Waals surface area contributed by atoms with Crippen molar-refractivity contribution in [1.82, 2.24) is 4.90 Å². The van der Waals surface area contributed by atoms with Gasteiger partial charge >= 0.3 is 202 Å². The maximum absolute atomic E-state index is 6.19. The summed E-state index contributed by atoms with van der Waals surface area (Å²) in [7, 11) is 2.03. The molecule has 0 amide bonds. The Labute approximate surface area is 200 Å². The van der Waals surface area contributed by atoms with Gasteiger partial charge in [0.05, 0.1) is 0 Å². The van der Waals surface area contributed by atoms with Crippen LogP contribution in [0, 0.1) is 0 Å². The molecule has 0 saturated heterocycles. The van der Waals surface area contributed by atoms with Gasteiger partial charge in [0.25, 0.3) is 0 Å². The zero-order valence-corrected chi connectivity index (χ0v) is 23.2. The van der Waals surface area contributed by atoms with Gasteiger partial charge in [0.1, 0.15) is 0 Å². The van der Waals surface area contributed by atoms with Crippen LogP contribution in [-0.4, -0.2) is 39.3 Å². The van der Waals surface area contributed by atoms with E-state index in [0.717, 1.165) is 17.4 Å². The van der Waals surface area contributed by atoms with Crippen LogP contribution in [0.1, 0.15) is 39.5 Å². The number of hydrogen-bond donors (Lipinski definition) is 0. The summed E-state index contributed by atoms with van der Waals surface area (Å²) < 4.78 is 5.47. The molecule has 0 aliphatic rings. The van der Waals surface area contributed by atoms with Crippen molar-refractivity contribution in [3.8, 4) is 0 Å². The van der Waals surface area contributed by atoms with Gasteiger partial charge in [0.15, 0.2) is 0 Å². The standard InChI is InChI=1S/C9H19NS2.3C6H5.Sn/c1-3-5-7-10(9(11)12)8-6-4-2;3*1-2-4-6-5-3-1;/h3-8H2,1-2H3,(H,11,12);3*1-5H;/q;;;;+1/p-1. The molecule has 0 unspecified atom stereocenters. The summed E-state index contributed by atoms with van der Waals surface area (Å²) in [6.07, 6.45) is 4.77. The summed E-state index contributed by atoms with van der Waals surface area (Å²) in [6.45, 7) is 6.64. The third kappa shape index (κ3) is 6.14. The molecule has 0 N–H and O–H groups in total. The molecule has 3 aromatic carbocycles. The molecule has 0 atom stereocenters. The maximum atomic E-state index is 6.19. The molecule has 0 spiro atoms. The van der Waals surface area contributed by atoms with E-state index in [1.54, 1.807) is 0 Å². The molecule has 162 valence electrons. The number of unbranched alkanes of at least 4 members (excludes halogenated alkanes) is 2. The van der Waals surface area contributed by atoms with Crippen LogP contribution in [0.4, 0.5) is 0 Å². The molecule has 0 aliphatic carbocycles. The van der Waals surface area contributed by atoms with E-state index in [9.17, 15) is 0 Å². The first-order chi connectivity index (χ1) is 15.2. The molecule has 0 aliphatic heterocycles. The van der Waals surface area contributed by atoms with Gasteiger partial charge in [-0.3, -0.25) is 0 Å². The van der Waals surface area contributed by atoms with Crippen molar-refractivity contribution in [2.24, 2.45) is 0 Å². The van der Waals surface area contributed by atoms with Crippen LogP contribution in [0.15, 0.2) is 91.0 Å². The summed E-state index contributed by atoms with van der Waals surface area (Å²) in [5.74, 6) is 0. The molecule has 0 radical (unpaired) electrons. The first kappa shape index (κ1) is 24.3. The van der Waals surface area contributed by atoms with Crippen LogP contribution in [0.2, 0.25) is 0 Å². The summed E-state index contributed by atoms with van der Waals surface area (Å²) in [4.78, 5) is 2.48. The Hall–Kier alpha value is -1.30. The van der Waals surface area contributed by atoms with Gasteiger partial charge < -0.3 is 0 Å². The predicted molar refractivity (Wildman–Crippen MR) is 146 cm³/mol.